The van der Waals surface area contributed by atoms with Crippen LogP contribution in [-0.4, -0.2) is 40.9 Å². The lowest BCUT2D eigenvalue weighted by molar-refractivity contribution is 0.194. The van der Waals surface area contributed by atoms with E-state index in [1.54, 1.807) is 13.0 Å². The minimum absolute atomic E-state index is 0.0186. The maximum Gasteiger partial charge on any atom is 0.404 e. The van der Waals surface area contributed by atoms with Crippen molar-refractivity contribution in [2.24, 2.45) is 0 Å². The van der Waals surface area contributed by atoms with Crippen molar-refractivity contribution in [3.8, 4) is 5.69 Å². The molecule has 0 aliphatic carbocycles. The number of nitrogens with zero attached hydrogens (tertiary/aromatic N) is 3. The molecule has 0 bridgehead atoms. The Morgan fingerprint density at radius 3 is 2.66 bits per heavy atom. The summed E-state index contributed by atoms with van der Waals surface area (Å²) in [6.07, 6.45) is 0.00875. The molecular formula is C18H16ClFN4O4S. The molecule has 2 heterocycles. The van der Waals surface area contributed by atoms with E-state index < -0.39 is 21.7 Å². The van der Waals surface area contributed by atoms with E-state index in [-0.39, 0.29) is 39.4 Å². The number of benzene rings is 1. The Morgan fingerprint density at radius 1 is 1.28 bits per heavy atom. The van der Waals surface area contributed by atoms with Crippen molar-refractivity contribution in [2.75, 3.05) is 6.54 Å². The highest BCUT2D eigenvalue weighted by Crippen LogP contribution is 2.26. The third kappa shape index (κ3) is 4.54. The van der Waals surface area contributed by atoms with Crippen LogP contribution in [0.4, 0.5) is 9.18 Å². The second-order valence-corrected chi connectivity index (χ2v) is 8.43. The van der Waals surface area contributed by atoms with E-state index in [0.29, 0.717) is 5.56 Å². The summed E-state index contributed by atoms with van der Waals surface area (Å²) in [6.45, 7) is 1.72. The predicted molar refractivity (Wildman–Crippen MR) is 103 cm³/mol. The number of halogens is 2. The van der Waals surface area contributed by atoms with Crippen molar-refractivity contribution in [3.05, 3.63) is 64.8 Å². The molecule has 1 aromatic carbocycles. The summed E-state index contributed by atoms with van der Waals surface area (Å²) in [5.41, 5.74) is 0.892. The molecule has 1 amide bonds. The average molecular weight is 439 g/mol. The lowest BCUT2D eigenvalue weighted by atomic mass is 10.2. The summed E-state index contributed by atoms with van der Waals surface area (Å²) in [7, 11) is -4.11. The van der Waals surface area contributed by atoms with Crippen molar-refractivity contribution in [3.63, 3.8) is 0 Å². The molecule has 0 spiro atoms. The average Bonchev–Trinajstić information content (AvgIpc) is 3.06. The van der Waals surface area contributed by atoms with Crippen LogP contribution in [0.25, 0.3) is 5.69 Å². The molecule has 3 aromatic rings. The number of carbonyl (C=O) groups is 1. The first-order valence-corrected chi connectivity index (χ1v) is 10.2. The third-order valence-electron chi connectivity index (χ3n) is 4.00. The topological polar surface area (TPSA) is 114 Å². The highest BCUT2D eigenvalue weighted by molar-refractivity contribution is 7.91. The van der Waals surface area contributed by atoms with Gasteiger partial charge in [-0.15, -0.1) is 0 Å². The molecule has 0 saturated carbocycles. The molecule has 0 unspecified atom stereocenters. The van der Waals surface area contributed by atoms with Crippen molar-refractivity contribution in [2.45, 2.75) is 23.3 Å². The molecule has 11 heteroatoms. The summed E-state index contributed by atoms with van der Waals surface area (Å²) >= 11 is 5.73. The van der Waals surface area contributed by atoms with Crippen LogP contribution in [0.2, 0.25) is 5.15 Å². The quantitative estimate of drug-likeness (QED) is 0.572. The van der Waals surface area contributed by atoms with Gasteiger partial charge in [0.05, 0.1) is 10.6 Å². The van der Waals surface area contributed by atoms with Gasteiger partial charge in [-0.3, -0.25) is 0 Å². The molecule has 29 heavy (non-hydrogen) atoms. The van der Waals surface area contributed by atoms with E-state index in [1.165, 1.54) is 30.3 Å². The van der Waals surface area contributed by atoms with Gasteiger partial charge in [-0.1, -0.05) is 17.7 Å². The number of rotatable bonds is 6. The van der Waals surface area contributed by atoms with E-state index in [9.17, 15) is 17.6 Å². The Bertz CT molecular complexity index is 1160. The smallest absolute Gasteiger partial charge is 0.404 e. The standard InChI is InChI=1S/C18H16ClFN4O4S/c1-11-2-4-15(14(20)8-11)24-17(9-12(23-24)6-7-21-18(25)26)29(27,28)13-3-5-16(19)22-10-13/h2-5,8-10,21H,6-7H2,1H3,(H,25,26). The van der Waals surface area contributed by atoms with Gasteiger partial charge in [0, 0.05) is 19.2 Å². The number of aryl methyl sites for hydroxylation is 1. The molecule has 2 N–H and O–H groups in total. The molecule has 0 aliphatic rings. The second kappa shape index (κ2) is 8.18. The Hall–Kier alpha value is -2.98. The Kier molecular flexibility index (Phi) is 5.85. The fourth-order valence-corrected chi connectivity index (χ4v) is 4.07. The Labute approximate surface area is 170 Å². The number of nitrogens with one attached hydrogen (secondary N) is 1. The molecule has 8 nitrogen and oxygen atoms in total. The van der Waals surface area contributed by atoms with Gasteiger partial charge in [0.1, 0.15) is 16.7 Å². The first kappa shape index (κ1) is 20.7. The van der Waals surface area contributed by atoms with Gasteiger partial charge in [0.15, 0.2) is 5.03 Å². The summed E-state index contributed by atoms with van der Waals surface area (Å²) in [5, 5.41) is 14.9. The van der Waals surface area contributed by atoms with E-state index in [0.717, 1.165) is 10.9 Å². The molecule has 0 atom stereocenters. The van der Waals surface area contributed by atoms with Crippen molar-refractivity contribution >= 4 is 27.5 Å². The SMILES string of the molecule is Cc1ccc(-n2nc(CCNC(=O)O)cc2S(=O)(=O)c2ccc(Cl)nc2)c(F)c1. The van der Waals surface area contributed by atoms with E-state index in [1.807, 2.05) is 0 Å². The molecule has 2 aromatic heterocycles. The monoisotopic (exact) mass is 438 g/mol. The van der Waals surface area contributed by atoms with Gasteiger partial charge in [-0.25, -0.2) is 27.3 Å². The molecule has 152 valence electrons. The third-order valence-corrected chi connectivity index (χ3v) is 5.93. The van der Waals surface area contributed by atoms with Gasteiger partial charge in [0.25, 0.3) is 0 Å². The molecular weight excluding hydrogens is 423 g/mol. The van der Waals surface area contributed by atoms with Crippen molar-refractivity contribution < 1.29 is 22.7 Å². The number of hydrogen-bond acceptors (Lipinski definition) is 5. The Morgan fingerprint density at radius 2 is 2.03 bits per heavy atom. The van der Waals surface area contributed by atoms with Gasteiger partial charge < -0.3 is 10.4 Å². The van der Waals surface area contributed by atoms with Crippen LogP contribution in [0.5, 0.6) is 0 Å². The minimum atomic E-state index is -4.11. The van der Waals surface area contributed by atoms with Crippen LogP contribution in [0, 0.1) is 12.7 Å². The van der Waals surface area contributed by atoms with E-state index in [4.69, 9.17) is 16.7 Å². The van der Waals surface area contributed by atoms with Gasteiger partial charge >= 0.3 is 6.09 Å². The lowest BCUT2D eigenvalue weighted by Crippen LogP contribution is -2.23. The van der Waals surface area contributed by atoms with Crippen molar-refractivity contribution in [1.29, 1.82) is 0 Å². The number of hydrogen-bond donors (Lipinski definition) is 2. The zero-order valence-corrected chi connectivity index (χ0v) is 16.7. The molecule has 0 fully saturated rings. The summed E-state index contributed by atoms with van der Waals surface area (Å²) in [5.74, 6) is -0.644. The highest BCUT2D eigenvalue weighted by Gasteiger charge is 2.26. The Balaban J connectivity index is 2.11. The molecule has 3 rings (SSSR count). The van der Waals surface area contributed by atoms with Crippen LogP contribution in [0.15, 0.2) is 52.5 Å². The molecule has 0 radical (unpaired) electrons. The number of sulfone groups is 1. The zero-order chi connectivity index (χ0) is 21.2. The number of carboxylic acid groups (broad SMARTS) is 1. The first-order valence-electron chi connectivity index (χ1n) is 8.37. The van der Waals surface area contributed by atoms with Crippen molar-refractivity contribution in [1.82, 2.24) is 20.1 Å². The minimum Gasteiger partial charge on any atom is -0.465 e. The summed E-state index contributed by atoms with van der Waals surface area (Å²) in [4.78, 5) is 14.3. The van der Waals surface area contributed by atoms with Crippen LogP contribution in [0.1, 0.15) is 11.3 Å². The largest absolute Gasteiger partial charge is 0.465 e. The van der Waals surface area contributed by atoms with Crippen LogP contribution < -0.4 is 5.32 Å². The van der Waals surface area contributed by atoms with Gasteiger partial charge in [0.2, 0.25) is 9.84 Å². The van der Waals surface area contributed by atoms with Crippen LogP contribution in [-0.2, 0) is 16.3 Å². The second-order valence-electron chi connectivity index (χ2n) is 6.14. The number of amides is 1. The number of pyridine rings is 1. The summed E-state index contributed by atoms with van der Waals surface area (Å²) in [6, 6.07) is 8.23. The van der Waals surface area contributed by atoms with Crippen LogP contribution >= 0.6 is 11.6 Å². The normalized spacial score (nSPS) is 11.4. The zero-order valence-electron chi connectivity index (χ0n) is 15.1. The van der Waals surface area contributed by atoms with E-state index in [2.05, 4.69) is 15.4 Å². The van der Waals surface area contributed by atoms with Gasteiger partial charge in [-0.05, 0) is 42.8 Å². The summed E-state index contributed by atoms with van der Waals surface area (Å²) < 4.78 is 41.8. The molecule has 0 saturated heterocycles. The maximum absolute atomic E-state index is 14.6. The predicted octanol–water partition coefficient (Wildman–Crippen LogP) is 3.01. The maximum atomic E-state index is 14.6. The lowest BCUT2D eigenvalue weighted by Gasteiger charge is -2.10. The fourth-order valence-electron chi connectivity index (χ4n) is 2.62. The van der Waals surface area contributed by atoms with Gasteiger partial charge in [-0.2, -0.15) is 5.10 Å². The van der Waals surface area contributed by atoms with E-state index >= 15 is 0 Å². The van der Waals surface area contributed by atoms with Crippen LogP contribution in [0.3, 0.4) is 0 Å². The highest BCUT2D eigenvalue weighted by atomic mass is 35.5. The fraction of sp³-hybridized carbons (Fsp3) is 0.167. The first-order chi connectivity index (χ1) is 13.7. The molecule has 0 aliphatic heterocycles. The number of aromatic nitrogens is 3.